The average Bonchev–Trinajstić information content (AvgIpc) is 2.62. The van der Waals surface area contributed by atoms with Crippen molar-refractivity contribution in [1.82, 2.24) is 0 Å². The van der Waals surface area contributed by atoms with Crippen LogP contribution in [0.4, 0.5) is 0 Å². The van der Waals surface area contributed by atoms with Crippen LogP contribution in [0.5, 0.6) is 0 Å². The lowest BCUT2D eigenvalue weighted by Crippen LogP contribution is -2.22. The second kappa shape index (κ2) is 8.00. The Morgan fingerprint density at radius 1 is 1.06 bits per heavy atom. The van der Waals surface area contributed by atoms with Crippen LogP contribution in [0, 0.1) is 0 Å². The van der Waals surface area contributed by atoms with Crippen molar-refractivity contribution in [2.75, 3.05) is 46.8 Å². The Kier molecular flexibility index (Phi) is 6.99. The van der Waals surface area contributed by atoms with Gasteiger partial charge in [-0.05, 0) is 20.3 Å². The lowest BCUT2D eigenvalue weighted by Gasteiger charge is -2.17. The van der Waals surface area contributed by atoms with Gasteiger partial charge in [-0.2, -0.15) is 0 Å². The van der Waals surface area contributed by atoms with Gasteiger partial charge in [0.15, 0.2) is 5.79 Å². The molecule has 1 atom stereocenters. The van der Waals surface area contributed by atoms with Gasteiger partial charge in [-0.15, -0.1) is 0 Å². The Balaban J connectivity index is 1.85. The first-order chi connectivity index (χ1) is 8.14. The molecule has 5 nitrogen and oxygen atoms in total. The summed E-state index contributed by atoms with van der Waals surface area (Å²) in [5.74, 6) is -0.437. The minimum absolute atomic E-state index is 0.152. The molecule has 0 bridgehead atoms. The molecule has 0 amide bonds. The van der Waals surface area contributed by atoms with Crippen LogP contribution < -0.4 is 0 Å². The van der Waals surface area contributed by atoms with E-state index in [1.165, 1.54) is 0 Å². The molecule has 0 aliphatic carbocycles. The van der Waals surface area contributed by atoms with Crippen LogP contribution in [0.15, 0.2) is 0 Å². The molecular formula is C12H24O5. The van der Waals surface area contributed by atoms with Crippen molar-refractivity contribution in [2.45, 2.75) is 32.2 Å². The molecule has 0 N–H and O–H groups in total. The molecular weight excluding hydrogens is 224 g/mol. The normalized spacial score (nSPS) is 23.1. The van der Waals surface area contributed by atoms with Crippen molar-refractivity contribution in [3.05, 3.63) is 0 Å². The second-order valence-electron chi connectivity index (χ2n) is 4.46. The van der Waals surface area contributed by atoms with Crippen molar-refractivity contribution < 1.29 is 23.7 Å². The molecule has 0 aromatic rings. The first kappa shape index (κ1) is 14.9. The van der Waals surface area contributed by atoms with E-state index in [0.717, 1.165) is 6.42 Å². The van der Waals surface area contributed by atoms with Crippen LogP contribution in [0.2, 0.25) is 0 Å². The third-order valence-corrected chi connectivity index (χ3v) is 2.46. The van der Waals surface area contributed by atoms with Crippen molar-refractivity contribution in [3.63, 3.8) is 0 Å². The first-order valence-corrected chi connectivity index (χ1v) is 6.10. The van der Waals surface area contributed by atoms with E-state index in [-0.39, 0.29) is 6.10 Å². The Bertz CT molecular complexity index is 195. The fraction of sp³-hybridized carbons (Fsp3) is 1.00. The van der Waals surface area contributed by atoms with Crippen LogP contribution in [0.1, 0.15) is 20.3 Å². The van der Waals surface area contributed by atoms with E-state index in [9.17, 15) is 0 Å². The van der Waals surface area contributed by atoms with Crippen LogP contribution in [-0.2, 0) is 23.7 Å². The second-order valence-corrected chi connectivity index (χ2v) is 4.46. The fourth-order valence-electron chi connectivity index (χ4n) is 1.58. The topological polar surface area (TPSA) is 46.2 Å². The molecule has 1 heterocycles. The number of methoxy groups -OCH3 is 1. The summed E-state index contributed by atoms with van der Waals surface area (Å²) in [5, 5.41) is 0. The van der Waals surface area contributed by atoms with E-state index >= 15 is 0 Å². The maximum absolute atomic E-state index is 5.66. The van der Waals surface area contributed by atoms with Gasteiger partial charge in [0, 0.05) is 13.7 Å². The minimum atomic E-state index is -0.437. The summed E-state index contributed by atoms with van der Waals surface area (Å²) in [5.41, 5.74) is 0. The van der Waals surface area contributed by atoms with E-state index in [1.54, 1.807) is 7.11 Å². The van der Waals surface area contributed by atoms with Crippen molar-refractivity contribution >= 4 is 0 Å². The van der Waals surface area contributed by atoms with Gasteiger partial charge in [-0.3, -0.25) is 0 Å². The third-order valence-electron chi connectivity index (χ3n) is 2.46. The molecule has 0 aromatic heterocycles. The molecule has 1 aliphatic heterocycles. The van der Waals surface area contributed by atoms with Gasteiger partial charge < -0.3 is 23.7 Å². The Morgan fingerprint density at radius 3 is 2.29 bits per heavy atom. The summed E-state index contributed by atoms with van der Waals surface area (Å²) in [7, 11) is 1.66. The molecule has 1 rings (SSSR count). The number of rotatable bonds is 9. The highest BCUT2D eigenvalue weighted by atomic mass is 16.7. The van der Waals surface area contributed by atoms with Crippen molar-refractivity contribution in [3.8, 4) is 0 Å². The Morgan fingerprint density at radius 2 is 1.71 bits per heavy atom. The summed E-state index contributed by atoms with van der Waals surface area (Å²) in [6.45, 7) is 7.65. The highest BCUT2D eigenvalue weighted by molar-refractivity contribution is 4.70. The monoisotopic (exact) mass is 248 g/mol. The maximum atomic E-state index is 5.66. The number of hydrogen-bond donors (Lipinski definition) is 0. The largest absolute Gasteiger partial charge is 0.382 e. The zero-order valence-corrected chi connectivity index (χ0v) is 11.1. The van der Waals surface area contributed by atoms with E-state index in [2.05, 4.69) is 0 Å². The van der Waals surface area contributed by atoms with Crippen molar-refractivity contribution in [2.24, 2.45) is 0 Å². The predicted molar refractivity (Wildman–Crippen MR) is 63.0 cm³/mol. The van der Waals surface area contributed by atoms with Gasteiger partial charge in [0.1, 0.15) is 0 Å². The molecule has 5 heteroatoms. The highest BCUT2D eigenvalue weighted by Gasteiger charge is 2.32. The van der Waals surface area contributed by atoms with Crippen LogP contribution in [-0.4, -0.2) is 58.6 Å². The van der Waals surface area contributed by atoms with Gasteiger partial charge in [0.05, 0.1) is 39.1 Å². The molecule has 1 fully saturated rings. The van der Waals surface area contributed by atoms with E-state index in [4.69, 9.17) is 23.7 Å². The smallest absolute Gasteiger partial charge is 0.163 e. The molecule has 0 aromatic carbocycles. The molecule has 17 heavy (non-hydrogen) atoms. The summed E-state index contributed by atoms with van der Waals surface area (Å²) < 4.78 is 26.7. The molecule has 0 spiro atoms. The van der Waals surface area contributed by atoms with Gasteiger partial charge in [0.25, 0.3) is 0 Å². The van der Waals surface area contributed by atoms with Crippen LogP contribution >= 0.6 is 0 Å². The van der Waals surface area contributed by atoms with E-state index in [1.807, 2.05) is 13.8 Å². The molecule has 0 unspecified atom stereocenters. The quantitative estimate of drug-likeness (QED) is 0.574. The zero-order chi connectivity index (χ0) is 12.6. The Labute approximate surface area is 103 Å². The van der Waals surface area contributed by atoms with E-state index in [0.29, 0.717) is 39.6 Å². The maximum Gasteiger partial charge on any atom is 0.163 e. The Hall–Kier alpha value is -0.200. The summed E-state index contributed by atoms with van der Waals surface area (Å²) in [6, 6.07) is 0. The SMILES string of the molecule is COCCOCCOCC[C@H]1COC(C)(C)O1. The molecule has 1 aliphatic rings. The van der Waals surface area contributed by atoms with Gasteiger partial charge >= 0.3 is 0 Å². The molecule has 102 valence electrons. The fourth-order valence-corrected chi connectivity index (χ4v) is 1.58. The molecule has 0 saturated carbocycles. The summed E-state index contributed by atoms with van der Waals surface area (Å²) in [6.07, 6.45) is 1.01. The van der Waals surface area contributed by atoms with Gasteiger partial charge in [0.2, 0.25) is 0 Å². The highest BCUT2D eigenvalue weighted by Crippen LogP contribution is 2.23. The van der Waals surface area contributed by atoms with Gasteiger partial charge in [-0.1, -0.05) is 0 Å². The zero-order valence-electron chi connectivity index (χ0n) is 11.1. The van der Waals surface area contributed by atoms with Crippen LogP contribution in [0.25, 0.3) is 0 Å². The third kappa shape index (κ3) is 6.95. The minimum Gasteiger partial charge on any atom is -0.382 e. The summed E-state index contributed by atoms with van der Waals surface area (Å²) >= 11 is 0. The molecule has 0 radical (unpaired) electrons. The lowest BCUT2D eigenvalue weighted by molar-refractivity contribution is -0.140. The van der Waals surface area contributed by atoms with Crippen molar-refractivity contribution in [1.29, 1.82) is 0 Å². The number of hydrogen-bond acceptors (Lipinski definition) is 5. The standard InChI is InChI=1S/C12H24O5/c1-12(2)16-10-11(17-12)4-5-14-8-9-15-7-6-13-3/h11H,4-10H2,1-3H3/t11-/m0/s1. The van der Waals surface area contributed by atoms with E-state index < -0.39 is 5.79 Å². The van der Waals surface area contributed by atoms with Crippen LogP contribution in [0.3, 0.4) is 0 Å². The predicted octanol–water partition coefficient (Wildman–Crippen LogP) is 1.21. The molecule has 1 saturated heterocycles. The number of ether oxygens (including phenoxy) is 5. The lowest BCUT2D eigenvalue weighted by atomic mass is 10.3. The van der Waals surface area contributed by atoms with Gasteiger partial charge in [-0.25, -0.2) is 0 Å². The summed E-state index contributed by atoms with van der Waals surface area (Å²) in [4.78, 5) is 0. The first-order valence-electron chi connectivity index (χ1n) is 6.10. The average molecular weight is 248 g/mol.